The van der Waals surface area contributed by atoms with Crippen LogP contribution in [0.4, 0.5) is 5.69 Å². The van der Waals surface area contributed by atoms with Crippen molar-refractivity contribution < 1.29 is 0 Å². The number of rotatable bonds is 6. The lowest BCUT2D eigenvalue weighted by Gasteiger charge is -2.22. The van der Waals surface area contributed by atoms with Gasteiger partial charge in [0.25, 0.3) is 0 Å². The van der Waals surface area contributed by atoms with Gasteiger partial charge < -0.3 is 10.2 Å². The predicted molar refractivity (Wildman–Crippen MR) is 83.6 cm³/mol. The van der Waals surface area contributed by atoms with Crippen molar-refractivity contribution in [3.05, 3.63) is 42.0 Å². The summed E-state index contributed by atoms with van der Waals surface area (Å²) in [6, 6.07) is 9.64. The maximum atomic E-state index is 3.65. The minimum absolute atomic E-state index is 0.660. The van der Waals surface area contributed by atoms with Gasteiger partial charge in [-0.1, -0.05) is 24.3 Å². The topological polar surface area (TPSA) is 15.3 Å². The average molecular weight is 258 g/mol. The van der Waals surface area contributed by atoms with Gasteiger partial charge in [-0.2, -0.15) is 0 Å². The van der Waals surface area contributed by atoms with E-state index in [0.717, 1.165) is 19.6 Å². The fraction of sp³-hybridized carbons (Fsp3) is 0.529. The van der Waals surface area contributed by atoms with Crippen LogP contribution in [0.15, 0.2) is 36.4 Å². The molecule has 1 atom stereocenters. The summed E-state index contributed by atoms with van der Waals surface area (Å²) < 4.78 is 0. The lowest BCUT2D eigenvalue weighted by molar-refractivity contribution is 0.474. The van der Waals surface area contributed by atoms with E-state index in [-0.39, 0.29) is 0 Å². The Bertz CT molecular complexity index is 390. The number of hydrogen-bond donors (Lipinski definition) is 1. The molecule has 0 saturated carbocycles. The van der Waals surface area contributed by atoms with Crippen molar-refractivity contribution in [1.29, 1.82) is 0 Å². The van der Waals surface area contributed by atoms with E-state index < -0.39 is 0 Å². The van der Waals surface area contributed by atoms with Gasteiger partial charge in [0.15, 0.2) is 0 Å². The van der Waals surface area contributed by atoms with Gasteiger partial charge >= 0.3 is 0 Å². The van der Waals surface area contributed by atoms with E-state index in [1.165, 1.54) is 30.5 Å². The van der Waals surface area contributed by atoms with Crippen molar-refractivity contribution in [2.24, 2.45) is 0 Å². The van der Waals surface area contributed by atoms with Gasteiger partial charge in [0.05, 0.1) is 0 Å². The number of nitrogens with zero attached hydrogens (tertiary/aromatic N) is 1. The highest BCUT2D eigenvalue weighted by Crippen LogP contribution is 2.16. The van der Waals surface area contributed by atoms with Gasteiger partial charge in [-0.3, -0.25) is 0 Å². The zero-order chi connectivity index (χ0) is 13.5. The van der Waals surface area contributed by atoms with Crippen LogP contribution in [-0.2, 0) is 6.54 Å². The molecule has 0 aromatic heterocycles. The maximum absolute atomic E-state index is 3.65. The Morgan fingerprint density at radius 1 is 1.11 bits per heavy atom. The van der Waals surface area contributed by atoms with Gasteiger partial charge in [-0.15, -0.1) is 0 Å². The Morgan fingerprint density at radius 3 is 2.42 bits per heavy atom. The summed E-state index contributed by atoms with van der Waals surface area (Å²) in [5.74, 6) is 0. The van der Waals surface area contributed by atoms with E-state index in [1.807, 2.05) is 0 Å². The van der Waals surface area contributed by atoms with Crippen LogP contribution in [-0.4, -0.2) is 19.1 Å². The van der Waals surface area contributed by atoms with Crippen LogP contribution in [0.5, 0.6) is 0 Å². The molecular formula is C17H26N2. The molecule has 1 unspecified atom stereocenters. The molecule has 0 bridgehead atoms. The van der Waals surface area contributed by atoms with E-state index >= 15 is 0 Å². The molecule has 0 radical (unpaired) electrons. The quantitative estimate of drug-likeness (QED) is 0.782. The molecule has 2 heteroatoms. The van der Waals surface area contributed by atoms with Gasteiger partial charge in [-0.25, -0.2) is 0 Å². The number of anilines is 1. The molecule has 1 aliphatic carbocycles. The van der Waals surface area contributed by atoms with E-state index in [2.05, 4.69) is 60.5 Å². The lowest BCUT2D eigenvalue weighted by Crippen LogP contribution is -2.29. The number of benzene rings is 1. The number of hydrogen-bond acceptors (Lipinski definition) is 2. The highest BCUT2D eigenvalue weighted by Gasteiger charge is 2.08. The third-order valence-electron chi connectivity index (χ3n) is 3.93. The third kappa shape index (κ3) is 4.10. The first-order chi connectivity index (χ1) is 9.33. The Morgan fingerprint density at radius 2 is 1.84 bits per heavy atom. The van der Waals surface area contributed by atoms with Crippen molar-refractivity contribution in [3.63, 3.8) is 0 Å². The fourth-order valence-corrected chi connectivity index (χ4v) is 2.65. The molecule has 2 nitrogen and oxygen atoms in total. The molecule has 0 saturated heterocycles. The number of nitrogens with one attached hydrogen (secondary N) is 1. The van der Waals surface area contributed by atoms with Gasteiger partial charge in [0.1, 0.15) is 0 Å². The van der Waals surface area contributed by atoms with Gasteiger partial charge in [0, 0.05) is 31.4 Å². The molecular weight excluding hydrogens is 232 g/mol. The Balaban J connectivity index is 1.86. The van der Waals surface area contributed by atoms with Crippen LogP contribution >= 0.6 is 0 Å². The van der Waals surface area contributed by atoms with Crippen molar-refractivity contribution in [2.75, 3.05) is 18.0 Å². The predicted octanol–water partition coefficient (Wildman–Crippen LogP) is 3.73. The third-order valence-corrected chi connectivity index (χ3v) is 3.93. The van der Waals surface area contributed by atoms with Crippen LogP contribution in [0.25, 0.3) is 0 Å². The summed E-state index contributed by atoms with van der Waals surface area (Å²) in [4.78, 5) is 2.38. The van der Waals surface area contributed by atoms with Crippen molar-refractivity contribution in [3.8, 4) is 0 Å². The summed E-state index contributed by atoms with van der Waals surface area (Å²) >= 11 is 0. The molecule has 0 fully saturated rings. The highest BCUT2D eigenvalue weighted by atomic mass is 15.1. The van der Waals surface area contributed by atoms with Crippen LogP contribution in [0, 0.1) is 0 Å². The molecule has 2 rings (SSSR count). The summed E-state index contributed by atoms with van der Waals surface area (Å²) in [6.07, 6.45) is 8.26. The Labute approximate surface area is 117 Å². The normalized spacial score (nSPS) is 18.5. The standard InChI is InChI=1S/C17H26N2/c1-3-19(4-2)17-12-10-15(11-13-17)14-18-16-8-6-5-7-9-16/h5-6,10-13,16,18H,3-4,7-9,14H2,1-2H3. The summed E-state index contributed by atoms with van der Waals surface area (Å²) in [7, 11) is 0. The van der Waals surface area contributed by atoms with Crippen LogP contribution in [0.3, 0.4) is 0 Å². The van der Waals surface area contributed by atoms with E-state index in [4.69, 9.17) is 0 Å². The van der Waals surface area contributed by atoms with E-state index in [9.17, 15) is 0 Å². The molecule has 0 spiro atoms. The smallest absolute Gasteiger partial charge is 0.0366 e. The largest absolute Gasteiger partial charge is 0.372 e. The molecule has 19 heavy (non-hydrogen) atoms. The monoisotopic (exact) mass is 258 g/mol. The van der Waals surface area contributed by atoms with Gasteiger partial charge in [-0.05, 0) is 50.8 Å². The SMILES string of the molecule is CCN(CC)c1ccc(CNC2CC=CCC2)cc1. The minimum Gasteiger partial charge on any atom is -0.372 e. The second kappa shape index (κ2) is 7.34. The molecule has 0 amide bonds. The summed E-state index contributed by atoms with van der Waals surface area (Å²) in [5, 5.41) is 3.65. The minimum atomic E-state index is 0.660. The first kappa shape index (κ1) is 14.1. The van der Waals surface area contributed by atoms with Crippen LogP contribution < -0.4 is 10.2 Å². The van der Waals surface area contributed by atoms with Crippen molar-refractivity contribution in [2.45, 2.75) is 45.7 Å². The lowest BCUT2D eigenvalue weighted by atomic mass is 10.0. The Kier molecular flexibility index (Phi) is 5.46. The molecule has 1 aromatic carbocycles. The first-order valence-corrected chi connectivity index (χ1v) is 7.55. The average Bonchev–Trinajstić information content (AvgIpc) is 2.49. The van der Waals surface area contributed by atoms with Gasteiger partial charge in [0.2, 0.25) is 0 Å². The first-order valence-electron chi connectivity index (χ1n) is 7.55. The van der Waals surface area contributed by atoms with Crippen molar-refractivity contribution >= 4 is 5.69 Å². The van der Waals surface area contributed by atoms with Crippen LogP contribution in [0.1, 0.15) is 38.7 Å². The zero-order valence-corrected chi connectivity index (χ0v) is 12.2. The molecule has 1 N–H and O–H groups in total. The zero-order valence-electron chi connectivity index (χ0n) is 12.2. The fourth-order valence-electron chi connectivity index (χ4n) is 2.65. The van der Waals surface area contributed by atoms with Crippen molar-refractivity contribution in [1.82, 2.24) is 5.32 Å². The second-order valence-corrected chi connectivity index (χ2v) is 5.20. The van der Waals surface area contributed by atoms with E-state index in [0.29, 0.717) is 6.04 Å². The molecule has 0 aliphatic heterocycles. The Hall–Kier alpha value is -1.28. The highest BCUT2D eigenvalue weighted by molar-refractivity contribution is 5.47. The van der Waals surface area contributed by atoms with E-state index in [1.54, 1.807) is 0 Å². The molecule has 1 aliphatic rings. The second-order valence-electron chi connectivity index (χ2n) is 5.20. The summed E-state index contributed by atoms with van der Waals surface area (Å²) in [6.45, 7) is 7.53. The van der Waals surface area contributed by atoms with Crippen LogP contribution in [0.2, 0.25) is 0 Å². The molecule has 104 valence electrons. The summed E-state index contributed by atoms with van der Waals surface area (Å²) in [5.41, 5.74) is 2.71. The molecule has 1 aromatic rings. The molecule has 0 heterocycles. The maximum Gasteiger partial charge on any atom is 0.0366 e. The number of allylic oxidation sites excluding steroid dienone is 1.